The Bertz CT molecular complexity index is 834. The van der Waals surface area contributed by atoms with Crippen molar-refractivity contribution >= 4 is 45.0 Å². The summed E-state index contributed by atoms with van der Waals surface area (Å²) in [5, 5.41) is 8.85. The van der Waals surface area contributed by atoms with Crippen LogP contribution in [0, 0.1) is 0 Å². The van der Waals surface area contributed by atoms with E-state index in [1.807, 2.05) is 54.6 Å². The summed E-state index contributed by atoms with van der Waals surface area (Å²) in [7, 11) is 0. The van der Waals surface area contributed by atoms with Gasteiger partial charge in [0.15, 0.2) is 5.17 Å². The van der Waals surface area contributed by atoms with E-state index in [1.165, 1.54) is 11.8 Å². The van der Waals surface area contributed by atoms with Crippen LogP contribution in [-0.2, 0) is 11.2 Å². The van der Waals surface area contributed by atoms with Gasteiger partial charge in [-0.25, -0.2) is 0 Å². The molecule has 1 aliphatic rings. The molecule has 132 valence electrons. The summed E-state index contributed by atoms with van der Waals surface area (Å²) in [5.74, 6) is 0.0477. The number of benzene rings is 2. The highest BCUT2D eigenvalue weighted by molar-refractivity contribution is 9.10. The van der Waals surface area contributed by atoms with Crippen molar-refractivity contribution in [2.45, 2.75) is 11.7 Å². The number of carbonyl (C=O) groups is 1. The second kappa shape index (κ2) is 8.96. The summed E-state index contributed by atoms with van der Waals surface area (Å²) in [5.41, 5.74) is 2.08. The topological polar surface area (TPSA) is 45.0 Å². The average molecular weight is 428 g/mol. The Labute approximate surface area is 165 Å². The normalized spacial score (nSPS) is 18.8. The van der Waals surface area contributed by atoms with Gasteiger partial charge in [0.2, 0.25) is 5.91 Å². The molecule has 1 atom stereocenters. The van der Waals surface area contributed by atoms with E-state index in [0.717, 1.165) is 15.6 Å². The molecule has 4 nitrogen and oxygen atoms in total. The van der Waals surface area contributed by atoms with Crippen molar-refractivity contribution in [3.8, 4) is 0 Å². The molecular formula is C20H18BrN3OS. The van der Waals surface area contributed by atoms with Crippen LogP contribution in [0.2, 0.25) is 0 Å². The maximum atomic E-state index is 12.7. The third-order valence-corrected chi connectivity index (χ3v) is 5.51. The van der Waals surface area contributed by atoms with Gasteiger partial charge in [-0.2, -0.15) is 5.10 Å². The summed E-state index contributed by atoms with van der Waals surface area (Å²) < 4.78 is 1.03. The van der Waals surface area contributed by atoms with Crippen molar-refractivity contribution in [1.82, 2.24) is 4.90 Å². The van der Waals surface area contributed by atoms with Crippen LogP contribution in [0.1, 0.15) is 11.1 Å². The van der Waals surface area contributed by atoms with Crippen LogP contribution < -0.4 is 0 Å². The summed E-state index contributed by atoms with van der Waals surface area (Å²) in [6, 6.07) is 17.8. The van der Waals surface area contributed by atoms with Crippen LogP contribution in [0.4, 0.5) is 0 Å². The van der Waals surface area contributed by atoms with Gasteiger partial charge in [-0.1, -0.05) is 76.2 Å². The van der Waals surface area contributed by atoms with Gasteiger partial charge in [-0.15, -0.1) is 11.7 Å². The first-order valence-electron chi connectivity index (χ1n) is 8.17. The molecule has 0 bridgehead atoms. The minimum Gasteiger partial charge on any atom is -0.285 e. The smallest absolute Gasteiger partial charge is 0.242 e. The molecule has 1 aliphatic heterocycles. The molecule has 0 radical (unpaired) electrons. The molecule has 0 aliphatic carbocycles. The fraction of sp³-hybridized carbons (Fsp3) is 0.150. The molecule has 1 fully saturated rings. The number of carbonyl (C=O) groups excluding carboxylic acids is 1. The first kappa shape index (κ1) is 18.6. The van der Waals surface area contributed by atoms with Crippen molar-refractivity contribution in [2.75, 3.05) is 6.54 Å². The lowest BCUT2D eigenvalue weighted by atomic mass is 10.1. The largest absolute Gasteiger partial charge is 0.285 e. The number of rotatable bonds is 6. The fourth-order valence-corrected chi connectivity index (χ4v) is 3.94. The SMILES string of the molecule is C=CCN1C(=O)[C@H](Cc2ccc(Br)cc2)S/C1=N/N=C\c1ccccc1. The predicted octanol–water partition coefficient (Wildman–Crippen LogP) is 4.51. The molecule has 6 heteroatoms. The summed E-state index contributed by atoms with van der Waals surface area (Å²) >= 11 is 4.89. The average Bonchev–Trinajstić information content (AvgIpc) is 2.94. The standard InChI is InChI=1S/C20H18BrN3OS/c1-2-12-24-19(25)18(13-15-8-10-17(21)11-9-15)26-20(24)23-22-14-16-6-4-3-5-7-16/h2-11,14,18H,1,12-13H2/b22-14-,23-20+/t18-/m0/s1. The molecule has 3 rings (SSSR count). The van der Waals surface area contributed by atoms with E-state index in [0.29, 0.717) is 18.1 Å². The maximum Gasteiger partial charge on any atom is 0.242 e. The zero-order valence-electron chi connectivity index (χ0n) is 14.1. The molecule has 0 N–H and O–H groups in total. The Kier molecular flexibility index (Phi) is 6.41. The second-order valence-corrected chi connectivity index (χ2v) is 7.80. The Hall–Kier alpha value is -2.18. The lowest BCUT2D eigenvalue weighted by Gasteiger charge is -2.12. The minimum atomic E-state index is -0.193. The van der Waals surface area contributed by atoms with E-state index in [1.54, 1.807) is 17.2 Å². The number of amidine groups is 1. The fourth-order valence-electron chi connectivity index (χ4n) is 2.53. The van der Waals surface area contributed by atoms with E-state index >= 15 is 0 Å². The Morgan fingerprint density at radius 1 is 1.15 bits per heavy atom. The molecule has 2 aromatic carbocycles. The zero-order valence-corrected chi connectivity index (χ0v) is 16.5. The Morgan fingerprint density at radius 3 is 2.58 bits per heavy atom. The van der Waals surface area contributed by atoms with Gasteiger partial charge in [0.1, 0.15) is 0 Å². The molecule has 0 saturated carbocycles. The Morgan fingerprint density at radius 2 is 1.88 bits per heavy atom. The predicted molar refractivity (Wildman–Crippen MR) is 113 cm³/mol. The number of hydrogen-bond donors (Lipinski definition) is 0. The lowest BCUT2D eigenvalue weighted by molar-refractivity contribution is -0.125. The molecule has 1 amide bonds. The van der Waals surface area contributed by atoms with E-state index < -0.39 is 0 Å². The lowest BCUT2D eigenvalue weighted by Crippen LogP contribution is -2.32. The van der Waals surface area contributed by atoms with Crippen LogP contribution in [0.5, 0.6) is 0 Å². The van der Waals surface area contributed by atoms with Crippen molar-refractivity contribution < 1.29 is 4.79 Å². The number of hydrogen-bond acceptors (Lipinski definition) is 4. The van der Waals surface area contributed by atoms with E-state index in [4.69, 9.17) is 0 Å². The second-order valence-electron chi connectivity index (χ2n) is 5.71. The number of amides is 1. The number of nitrogens with zero attached hydrogens (tertiary/aromatic N) is 3. The van der Waals surface area contributed by atoms with Crippen molar-refractivity contribution in [2.24, 2.45) is 10.2 Å². The summed E-state index contributed by atoms with van der Waals surface area (Å²) in [6.45, 7) is 4.17. The monoisotopic (exact) mass is 427 g/mol. The van der Waals surface area contributed by atoms with Gasteiger partial charge in [0.25, 0.3) is 0 Å². The first-order chi connectivity index (χ1) is 12.7. The van der Waals surface area contributed by atoms with Gasteiger partial charge in [0, 0.05) is 11.0 Å². The first-order valence-corrected chi connectivity index (χ1v) is 9.84. The van der Waals surface area contributed by atoms with E-state index in [2.05, 4.69) is 32.7 Å². The molecule has 2 aromatic rings. The quantitative estimate of drug-likeness (QED) is 0.386. The highest BCUT2D eigenvalue weighted by Crippen LogP contribution is 2.30. The van der Waals surface area contributed by atoms with E-state index in [9.17, 15) is 4.79 Å². The van der Waals surface area contributed by atoms with Crippen molar-refractivity contribution in [1.29, 1.82) is 0 Å². The molecule has 0 spiro atoms. The minimum absolute atomic E-state index is 0.0477. The van der Waals surface area contributed by atoms with Crippen LogP contribution >= 0.6 is 27.7 Å². The van der Waals surface area contributed by atoms with Gasteiger partial charge in [-0.3, -0.25) is 9.69 Å². The van der Waals surface area contributed by atoms with Crippen LogP contribution in [0.3, 0.4) is 0 Å². The molecule has 0 unspecified atom stereocenters. The van der Waals surface area contributed by atoms with Gasteiger partial charge in [-0.05, 0) is 29.7 Å². The molecule has 1 heterocycles. The van der Waals surface area contributed by atoms with Crippen LogP contribution in [-0.4, -0.2) is 34.0 Å². The van der Waals surface area contributed by atoms with Gasteiger partial charge >= 0.3 is 0 Å². The third kappa shape index (κ3) is 4.71. The van der Waals surface area contributed by atoms with Crippen LogP contribution in [0.25, 0.3) is 0 Å². The zero-order chi connectivity index (χ0) is 18.4. The number of halogens is 1. The number of thioether (sulfide) groups is 1. The summed E-state index contributed by atoms with van der Waals surface area (Å²) in [4.78, 5) is 14.4. The highest BCUT2D eigenvalue weighted by Gasteiger charge is 2.37. The maximum absolute atomic E-state index is 12.7. The molecular weight excluding hydrogens is 410 g/mol. The summed E-state index contributed by atoms with van der Waals surface area (Å²) in [6.07, 6.45) is 4.05. The van der Waals surface area contributed by atoms with Gasteiger partial charge in [0.05, 0.1) is 11.5 Å². The molecule has 1 saturated heterocycles. The third-order valence-electron chi connectivity index (χ3n) is 3.82. The Balaban J connectivity index is 1.75. The van der Waals surface area contributed by atoms with Gasteiger partial charge < -0.3 is 0 Å². The van der Waals surface area contributed by atoms with Crippen LogP contribution in [0.15, 0.2) is 81.9 Å². The highest BCUT2D eigenvalue weighted by atomic mass is 79.9. The molecule has 26 heavy (non-hydrogen) atoms. The molecule has 0 aromatic heterocycles. The van der Waals surface area contributed by atoms with E-state index in [-0.39, 0.29) is 11.2 Å². The van der Waals surface area contributed by atoms with Crippen molar-refractivity contribution in [3.63, 3.8) is 0 Å². The van der Waals surface area contributed by atoms with Crippen molar-refractivity contribution in [3.05, 3.63) is 82.9 Å².